The molecule has 1 amide bonds. The van der Waals surface area contributed by atoms with Gasteiger partial charge in [-0.1, -0.05) is 30.3 Å². The maximum Gasteiger partial charge on any atom is 0.266 e. The molecule has 0 radical (unpaired) electrons. The molecular weight excluding hydrogens is 252 g/mol. The Morgan fingerprint density at radius 2 is 2.05 bits per heavy atom. The third kappa shape index (κ3) is 3.84. The first-order chi connectivity index (χ1) is 9.81. The van der Waals surface area contributed by atoms with Crippen molar-refractivity contribution in [2.75, 3.05) is 26.2 Å². The van der Waals surface area contributed by atoms with Gasteiger partial charge in [-0.2, -0.15) is 5.26 Å². The van der Waals surface area contributed by atoms with E-state index in [1.807, 2.05) is 36.4 Å². The van der Waals surface area contributed by atoms with Gasteiger partial charge in [-0.3, -0.25) is 4.79 Å². The predicted molar refractivity (Wildman–Crippen MR) is 76.4 cm³/mol. The lowest BCUT2D eigenvalue weighted by atomic mass is 10.2. The first-order valence-electron chi connectivity index (χ1n) is 6.69. The lowest BCUT2D eigenvalue weighted by Crippen LogP contribution is -2.46. The zero-order valence-electron chi connectivity index (χ0n) is 11.3. The van der Waals surface area contributed by atoms with E-state index >= 15 is 0 Å². The van der Waals surface area contributed by atoms with Crippen molar-refractivity contribution in [2.24, 2.45) is 0 Å². The van der Waals surface area contributed by atoms with Crippen molar-refractivity contribution >= 4 is 5.91 Å². The molecule has 0 spiro atoms. The summed E-state index contributed by atoms with van der Waals surface area (Å²) in [4.78, 5) is 13.8. The second kappa shape index (κ2) is 7.31. The summed E-state index contributed by atoms with van der Waals surface area (Å²) in [6.07, 6.45) is 1.51. The van der Waals surface area contributed by atoms with Crippen molar-refractivity contribution in [3.8, 4) is 6.07 Å². The van der Waals surface area contributed by atoms with Crippen LogP contribution in [0.3, 0.4) is 0 Å². The van der Waals surface area contributed by atoms with Gasteiger partial charge >= 0.3 is 0 Å². The molecule has 104 valence electrons. The molecule has 5 heteroatoms. The van der Waals surface area contributed by atoms with Crippen LogP contribution in [0, 0.1) is 11.3 Å². The minimum atomic E-state index is -0.199. The summed E-state index contributed by atoms with van der Waals surface area (Å²) < 4.78 is 0. The molecule has 2 N–H and O–H groups in total. The van der Waals surface area contributed by atoms with Crippen molar-refractivity contribution in [2.45, 2.75) is 6.54 Å². The van der Waals surface area contributed by atoms with Crippen LogP contribution < -0.4 is 10.6 Å². The van der Waals surface area contributed by atoms with E-state index < -0.39 is 0 Å². The third-order valence-electron chi connectivity index (χ3n) is 3.15. The molecule has 1 saturated heterocycles. The van der Waals surface area contributed by atoms with Crippen LogP contribution in [-0.4, -0.2) is 37.0 Å². The second-order valence-corrected chi connectivity index (χ2v) is 4.58. The molecule has 1 heterocycles. The maximum absolute atomic E-state index is 12.1. The lowest BCUT2D eigenvalue weighted by molar-refractivity contribution is -0.127. The summed E-state index contributed by atoms with van der Waals surface area (Å²) in [7, 11) is 0. The summed E-state index contributed by atoms with van der Waals surface area (Å²) >= 11 is 0. The third-order valence-corrected chi connectivity index (χ3v) is 3.15. The molecule has 0 saturated carbocycles. The summed E-state index contributed by atoms with van der Waals surface area (Å²) in [6.45, 7) is 3.46. The number of hydrogen-bond donors (Lipinski definition) is 2. The average molecular weight is 270 g/mol. The lowest BCUT2D eigenvalue weighted by Gasteiger charge is -2.27. The molecule has 0 unspecified atom stereocenters. The van der Waals surface area contributed by atoms with Gasteiger partial charge in [0.15, 0.2) is 0 Å². The Labute approximate surface area is 118 Å². The number of benzene rings is 1. The summed E-state index contributed by atoms with van der Waals surface area (Å²) in [6, 6.07) is 11.8. The van der Waals surface area contributed by atoms with E-state index in [9.17, 15) is 4.79 Å². The van der Waals surface area contributed by atoms with Gasteiger partial charge in [0, 0.05) is 38.9 Å². The zero-order chi connectivity index (χ0) is 14.2. The molecule has 2 rings (SSSR count). The fourth-order valence-electron chi connectivity index (χ4n) is 2.05. The highest BCUT2D eigenvalue weighted by molar-refractivity contribution is 5.97. The van der Waals surface area contributed by atoms with Gasteiger partial charge in [0.1, 0.15) is 11.6 Å². The van der Waals surface area contributed by atoms with E-state index in [0.29, 0.717) is 19.6 Å². The first kappa shape index (κ1) is 14.1. The normalized spacial score (nSPS) is 15.6. The van der Waals surface area contributed by atoms with Crippen molar-refractivity contribution < 1.29 is 4.79 Å². The van der Waals surface area contributed by atoms with Gasteiger partial charge in [-0.05, 0) is 5.56 Å². The molecule has 0 aromatic heterocycles. The Balaban J connectivity index is 1.92. The molecule has 0 aliphatic carbocycles. The highest BCUT2D eigenvalue weighted by atomic mass is 16.2. The van der Waals surface area contributed by atoms with Crippen LogP contribution in [0.4, 0.5) is 0 Å². The highest BCUT2D eigenvalue weighted by Gasteiger charge is 2.19. The Morgan fingerprint density at radius 3 is 2.70 bits per heavy atom. The fraction of sp³-hybridized carbons (Fsp3) is 0.333. The topological polar surface area (TPSA) is 68.2 Å². The number of nitriles is 1. The number of nitrogens with one attached hydrogen (secondary N) is 2. The summed E-state index contributed by atoms with van der Waals surface area (Å²) in [5.41, 5.74) is 1.26. The van der Waals surface area contributed by atoms with Gasteiger partial charge in [-0.15, -0.1) is 0 Å². The molecule has 5 nitrogen and oxygen atoms in total. The summed E-state index contributed by atoms with van der Waals surface area (Å²) in [5, 5.41) is 15.3. The second-order valence-electron chi connectivity index (χ2n) is 4.58. The van der Waals surface area contributed by atoms with Gasteiger partial charge < -0.3 is 15.5 Å². The Hall–Kier alpha value is -2.32. The Kier molecular flexibility index (Phi) is 5.15. The number of carbonyl (C=O) groups is 1. The van der Waals surface area contributed by atoms with E-state index in [1.165, 1.54) is 6.20 Å². The van der Waals surface area contributed by atoms with E-state index in [2.05, 4.69) is 10.6 Å². The molecule has 0 bridgehead atoms. The molecule has 1 aliphatic rings. The van der Waals surface area contributed by atoms with Gasteiger partial charge in [-0.25, -0.2) is 0 Å². The molecule has 1 fully saturated rings. The summed E-state index contributed by atoms with van der Waals surface area (Å²) in [5.74, 6) is -0.199. The quantitative estimate of drug-likeness (QED) is 0.621. The largest absolute Gasteiger partial charge is 0.386 e. The highest BCUT2D eigenvalue weighted by Crippen LogP contribution is 2.03. The van der Waals surface area contributed by atoms with E-state index in [-0.39, 0.29) is 11.5 Å². The Morgan fingerprint density at radius 1 is 1.35 bits per heavy atom. The Bertz CT molecular complexity index is 512. The first-order valence-corrected chi connectivity index (χ1v) is 6.69. The van der Waals surface area contributed by atoms with E-state index in [4.69, 9.17) is 5.26 Å². The number of nitrogens with zero attached hydrogens (tertiary/aromatic N) is 2. The molecule has 0 atom stereocenters. The number of amides is 1. The molecular formula is C15H18N4O. The van der Waals surface area contributed by atoms with Gasteiger partial charge in [0.25, 0.3) is 5.91 Å². The van der Waals surface area contributed by atoms with Crippen molar-refractivity contribution in [3.05, 3.63) is 47.7 Å². The molecule has 1 aliphatic heterocycles. The fourth-order valence-corrected chi connectivity index (χ4v) is 2.05. The van der Waals surface area contributed by atoms with Crippen LogP contribution in [-0.2, 0) is 11.3 Å². The average Bonchev–Trinajstić information content (AvgIpc) is 2.53. The maximum atomic E-state index is 12.1. The van der Waals surface area contributed by atoms with Crippen LogP contribution in [0.2, 0.25) is 0 Å². The minimum absolute atomic E-state index is 0.155. The monoisotopic (exact) mass is 270 g/mol. The van der Waals surface area contributed by atoms with Crippen LogP contribution in [0.25, 0.3) is 0 Å². The number of rotatable bonds is 4. The van der Waals surface area contributed by atoms with Crippen molar-refractivity contribution in [1.29, 1.82) is 5.26 Å². The molecule has 1 aromatic carbocycles. The number of piperazine rings is 1. The van der Waals surface area contributed by atoms with Crippen molar-refractivity contribution in [1.82, 2.24) is 15.5 Å². The number of carbonyl (C=O) groups excluding carboxylic acids is 1. The smallest absolute Gasteiger partial charge is 0.266 e. The van der Waals surface area contributed by atoms with E-state index in [0.717, 1.165) is 18.7 Å². The molecule has 1 aromatic rings. The van der Waals surface area contributed by atoms with E-state index in [1.54, 1.807) is 4.90 Å². The SMILES string of the molecule is N#C/C(=C/NCc1ccccc1)C(=O)N1CCNCC1. The van der Waals surface area contributed by atoms with Crippen molar-refractivity contribution in [3.63, 3.8) is 0 Å². The van der Waals surface area contributed by atoms with Crippen LogP contribution >= 0.6 is 0 Å². The standard InChI is InChI=1S/C15H18N4O/c16-10-14(15(20)19-8-6-17-7-9-19)12-18-11-13-4-2-1-3-5-13/h1-5,12,17-18H,6-9,11H2/b14-12-. The van der Waals surface area contributed by atoms with Crippen LogP contribution in [0.15, 0.2) is 42.1 Å². The molecule has 20 heavy (non-hydrogen) atoms. The number of hydrogen-bond acceptors (Lipinski definition) is 4. The zero-order valence-corrected chi connectivity index (χ0v) is 11.3. The predicted octanol–water partition coefficient (Wildman–Crippen LogP) is 0.615. The van der Waals surface area contributed by atoms with Gasteiger partial charge in [0.2, 0.25) is 0 Å². The minimum Gasteiger partial charge on any atom is -0.386 e. The van der Waals surface area contributed by atoms with Crippen LogP contribution in [0.5, 0.6) is 0 Å². The van der Waals surface area contributed by atoms with Crippen LogP contribution in [0.1, 0.15) is 5.56 Å². The van der Waals surface area contributed by atoms with Gasteiger partial charge in [0.05, 0.1) is 0 Å².